The minimum Gasteiger partial charge on any atom is -0.368 e. The number of hydrogen-bond donors (Lipinski definition) is 1. The molecule has 3 aromatic heterocycles. The number of hydrogen-bond acceptors (Lipinski definition) is 6. The molecule has 0 atom stereocenters. The van der Waals surface area contributed by atoms with Crippen molar-refractivity contribution < 1.29 is 9.32 Å². The average Bonchev–Trinajstić information content (AvgIpc) is 3.21. The predicted octanol–water partition coefficient (Wildman–Crippen LogP) is 1.70. The lowest BCUT2D eigenvalue weighted by molar-refractivity contribution is -0.118. The molecule has 0 aliphatic carbocycles. The van der Waals surface area contributed by atoms with Crippen LogP contribution in [0.4, 0.5) is 0 Å². The molecule has 28 heavy (non-hydrogen) atoms. The molecule has 0 saturated heterocycles. The Bertz CT molecular complexity index is 1260. The van der Waals surface area contributed by atoms with Gasteiger partial charge in [-0.3, -0.25) is 14.2 Å². The van der Waals surface area contributed by atoms with E-state index in [0.29, 0.717) is 22.7 Å². The topological polar surface area (TPSA) is 122 Å². The van der Waals surface area contributed by atoms with Gasteiger partial charge in [-0.15, -0.1) is 0 Å². The van der Waals surface area contributed by atoms with Gasteiger partial charge in [0.2, 0.25) is 11.8 Å². The van der Waals surface area contributed by atoms with Crippen molar-refractivity contribution in [1.82, 2.24) is 24.3 Å². The molecule has 3 heterocycles. The highest BCUT2D eigenvalue weighted by molar-refractivity contribution is 6.06. The summed E-state index contributed by atoms with van der Waals surface area (Å²) in [4.78, 5) is 33.6. The second-order valence-corrected chi connectivity index (χ2v) is 7.15. The number of fused-ring (bicyclic) bond motifs is 3. The summed E-state index contributed by atoms with van der Waals surface area (Å²) in [5.74, 6) is 0.486. The Morgan fingerprint density at radius 1 is 1.32 bits per heavy atom. The second kappa shape index (κ2) is 6.59. The van der Waals surface area contributed by atoms with Crippen molar-refractivity contribution in [2.75, 3.05) is 0 Å². The molecule has 1 amide bonds. The third-order valence-corrected chi connectivity index (χ3v) is 4.60. The number of aromatic nitrogens is 5. The summed E-state index contributed by atoms with van der Waals surface area (Å²) >= 11 is 0. The van der Waals surface area contributed by atoms with Crippen molar-refractivity contribution in [3.63, 3.8) is 0 Å². The van der Waals surface area contributed by atoms with Gasteiger partial charge in [-0.05, 0) is 19.1 Å². The number of primary amides is 1. The van der Waals surface area contributed by atoms with Gasteiger partial charge in [-0.1, -0.05) is 30.6 Å². The summed E-state index contributed by atoms with van der Waals surface area (Å²) in [7, 11) is 0. The van der Waals surface area contributed by atoms with E-state index in [4.69, 9.17) is 10.3 Å². The standard InChI is InChI=1S/C19H20N6O3/c1-10(2)18-22-15(28-23-18)8-24-9-21-16-12-6-11(3)4-5-13(12)25(7-14(20)26)17(16)19(24)27/h4-6,9-10H,7-8H2,1-3H3,(H2,20,26). The normalized spacial score (nSPS) is 11.7. The van der Waals surface area contributed by atoms with Gasteiger partial charge in [0, 0.05) is 11.3 Å². The van der Waals surface area contributed by atoms with E-state index in [1.807, 2.05) is 39.0 Å². The summed E-state index contributed by atoms with van der Waals surface area (Å²) in [6, 6.07) is 5.73. The van der Waals surface area contributed by atoms with E-state index in [0.717, 1.165) is 16.5 Å². The number of benzene rings is 1. The maximum absolute atomic E-state index is 13.2. The molecule has 0 saturated carbocycles. The largest absolute Gasteiger partial charge is 0.368 e. The Morgan fingerprint density at radius 3 is 2.79 bits per heavy atom. The van der Waals surface area contributed by atoms with Crippen molar-refractivity contribution in [1.29, 1.82) is 0 Å². The average molecular weight is 380 g/mol. The zero-order chi connectivity index (χ0) is 20.0. The lowest BCUT2D eigenvalue weighted by atomic mass is 10.1. The van der Waals surface area contributed by atoms with E-state index in [9.17, 15) is 9.59 Å². The van der Waals surface area contributed by atoms with Crippen molar-refractivity contribution in [2.45, 2.75) is 39.8 Å². The predicted molar refractivity (Wildman–Crippen MR) is 103 cm³/mol. The fourth-order valence-corrected chi connectivity index (χ4v) is 3.26. The third-order valence-electron chi connectivity index (χ3n) is 4.60. The van der Waals surface area contributed by atoms with E-state index < -0.39 is 5.91 Å². The van der Waals surface area contributed by atoms with Crippen LogP contribution in [0.1, 0.15) is 37.0 Å². The molecule has 0 radical (unpaired) electrons. The van der Waals surface area contributed by atoms with E-state index in [1.165, 1.54) is 10.9 Å². The van der Waals surface area contributed by atoms with E-state index in [-0.39, 0.29) is 24.6 Å². The molecule has 9 nitrogen and oxygen atoms in total. The molecule has 0 aliphatic heterocycles. The maximum atomic E-state index is 13.2. The van der Waals surface area contributed by atoms with E-state index in [2.05, 4.69) is 15.1 Å². The second-order valence-electron chi connectivity index (χ2n) is 7.15. The third kappa shape index (κ3) is 2.94. The molecule has 0 aliphatic rings. The van der Waals surface area contributed by atoms with Crippen molar-refractivity contribution in [3.8, 4) is 0 Å². The first-order chi connectivity index (χ1) is 13.3. The van der Waals surface area contributed by atoms with Crippen LogP contribution in [0.25, 0.3) is 21.9 Å². The number of carbonyl (C=O) groups is 1. The van der Waals surface area contributed by atoms with Gasteiger partial charge in [0.05, 0.1) is 11.8 Å². The molecule has 9 heteroatoms. The quantitative estimate of drug-likeness (QED) is 0.562. The lowest BCUT2D eigenvalue weighted by Gasteiger charge is -2.06. The maximum Gasteiger partial charge on any atom is 0.278 e. The van der Waals surface area contributed by atoms with Crippen LogP contribution in [0.3, 0.4) is 0 Å². The summed E-state index contributed by atoms with van der Waals surface area (Å²) in [6.45, 7) is 5.86. The first-order valence-electron chi connectivity index (χ1n) is 8.94. The molecule has 0 unspecified atom stereocenters. The van der Waals surface area contributed by atoms with Gasteiger partial charge in [0.25, 0.3) is 5.56 Å². The van der Waals surface area contributed by atoms with Crippen LogP contribution in [0.2, 0.25) is 0 Å². The highest BCUT2D eigenvalue weighted by Crippen LogP contribution is 2.26. The van der Waals surface area contributed by atoms with Gasteiger partial charge in [0.1, 0.15) is 24.1 Å². The number of amides is 1. The van der Waals surface area contributed by atoms with Crippen LogP contribution >= 0.6 is 0 Å². The number of nitrogens with zero attached hydrogens (tertiary/aromatic N) is 5. The molecule has 144 valence electrons. The SMILES string of the molecule is Cc1ccc2c(c1)c1ncn(Cc3nc(C(C)C)no3)c(=O)c1n2CC(N)=O. The molecule has 0 spiro atoms. The zero-order valence-corrected chi connectivity index (χ0v) is 15.8. The Hall–Kier alpha value is -3.49. The van der Waals surface area contributed by atoms with Gasteiger partial charge in [0.15, 0.2) is 5.82 Å². The van der Waals surface area contributed by atoms with Crippen LogP contribution < -0.4 is 11.3 Å². The number of nitrogens with two attached hydrogens (primary N) is 1. The van der Waals surface area contributed by atoms with E-state index >= 15 is 0 Å². The Morgan fingerprint density at radius 2 is 2.11 bits per heavy atom. The molecule has 1 aromatic carbocycles. The highest BCUT2D eigenvalue weighted by Gasteiger charge is 2.19. The summed E-state index contributed by atoms with van der Waals surface area (Å²) < 4.78 is 8.25. The smallest absolute Gasteiger partial charge is 0.278 e. The van der Waals surface area contributed by atoms with Gasteiger partial charge in [-0.2, -0.15) is 4.98 Å². The molecule has 0 bridgehead atoms. The van der Waals surface area contributed by atoms with Crippen molar-refractivity contribution >= 4 is 27.8 Å². The van der Waals surface area contributed by atoms with Gasteiger partial charge in [-0.25, -0.2) is 4.98 Å². The summed E-state index contributed by atoms with van der Waals surface area (Å²) in [6.07, 6.45) is 1.46. The molecular weight excluding hydrogens is 360 g/mol. The zero-order valence-electron chi connectivity index (χ0n) is 15.8. The van der Waals surface area contributed by atoms with Crippen LogP contribution in [0.15, 0.2) is 33.8 Å². The van der Waals surface area contributed by atoms with Crippen LogP contribution in [0, 0.1) is 6.92 Å². The van der Waals surface area contributed by atoms with Crippen LogP contribution in [-0.4, -0.2) is 30.2 Å². The fraction of sp³-hybridized carbons (Fsp3) is 0.316. The first-order valence-corrected chi connectivity index (χ1v) is 8.94. The highest BCUT2D eigenvalue weighted by atomic mass is 16.5. The fourth-order valence-electron chi connectivity index (χ4n) is 3.26. The Balaban J connectivity index is 1.90. The van der Waals surface area contributed by atoms with Crippen molar-refractivity contribution in [2.24, 2.45) is 5.73 Å². The van der Waals surface area contributed by atoms with Crippen molar-refractivity contribution in [3.05, 3.63) is 52.2 Å². The van der Waals surface area contributed by atoms with Gasteiger partial charge >= 0.3 is 0 Å². The number of carbonyl (C=O) groups excluding carboxylic acids is 1. The number of rotatable bonds is 5. The summed E-state index contributed by atoms with van der Waals surface area (Å²) in [5, 5.41) is 4.72. The molecule has 4 rings (SSSR count). The monoisotopic (exact) mass is 380 g/mol. The summed E-state index contributed by atoms with van der Waals surface area (Å²) in [5.41, 5.74) is 7.74. The van der Waals surface area contributed by atoms with E-state index in [1.54, 1.807) is 4.57 Å². The lowest BCUT2D eigenvalue weighted by Crippen LogP contribution is -2.25. The molecule has 2 N–H and O–H groups in total. The van der Waals surface area contributed by atoms with Crippen LogP contribution in [0.5, 0.6) is 0 Å². The van der Waals surface area contributed by atoms with Gasteiger partial charge < -0.3 is 14.8 Å². The van der Waals surface area contributed by atoms with Crippen LogP contribution in [-0.2, 0) is 17.9 Å². The molecule has 0 fully saturated rings. The minimum absolute atomic E-state index is 0.0959. The first kappa shape index (κ1) is 17.9. The Kier molecular flexibility index (Phi) is 4.21. The molecular formula is C19H20N6O3. The molecule has 4 aromatic rings. The minimum atomic E-state index is -0.535. The Labute approximate surface area is 159 Å². The number of aryl methyl sites for hydroxylation is 1.